The Bertz CT molecular complexity index is 1030. The van der Waals surface area contributed by atoms with Crippen LogP contribution in [-0.2, 0) is 16.5 Å². The van der Waals surface area contributed by atoms with Gasteiger partial charge in [0.2, 0.25) is 5.69 Å². The van der Waals surface area contributed by atoms with E-state index in [0.717, 1.165) is 5.39 Å². The highest BCUT2D eigenvalue weighted by Gasteiger charge is 2.30. The van der Waals surface area contributed by atoms with Crippen LogP contribution in [0, 0.1) is 0 Å². The zero-order chi connectivity index (χ0) is 19.8. The van der Waals surface area contributed by atoms with E-state index in [9.17, 15) is 9.59 Å². The molecule has 0 aliphatic rings. The van der Waals surface area contributed by atoms with Crippen molar-refractivity contribution in [1.82, 2.24) is 4.57 Å². The van der Waals surface area contributed by atoms with Crippen LogP contribution in [0.2, 0.25) is 0 Å². The smallest absolute Gasteiger partial charge is 0.419 e. The summed E-state index contributed by atoms with van der Waals surface area (Å²) in [4.78, 5) is 25.3. The van der Waals surface area contributed by atoms with Crippen molar-refractivity contribution < 1.29 is 23.6 Å². The molecule has 0 aliphatic carbocycles. The lowest BCUT2D eigenvalue weighted by atomic mass is 10.1. The first-order chi connectivity index (χ1) is 12.7. The van der Waals surface area contributed by atoms with Gasteiger partial charge in [0.15, 0.2) is 6.20 Å². The van der Waals surface area contributed by atoms with Gasteiger partial charge in [0.1, 0.15) is 23.9 Å². The van der Waals surface area contributed by atoms with E-state index in [1.165, 1.54) is 11.7 Å². The fourth-order valence-electron chi connectivity index (χ4n) is 3.04. The SMILES string of the molecule is COC(=O)c1ccc[n+](C)c1-c1cc2ccccc2n1C(=O)OC(C)(C)C. The number of rotatable bonds is 2. The number of methoxy groups -OCH3 is 1. The Morgan fingerprint density at radius 1 is 1.07 bits per heavy atom. The van der Waals surface area contributed by atoms with Gasteiger partial charge in [0.25, 0.3) is 0 Å². The third-order valence-corrected chi connectivity index (χ3v) is 4.12. The lowest BCUT2D eigenvalue weighted by Gasteiger charge is -2.20. The molecule has 3 rings (SSSR count). The molecule has 1 aromatic carbocycles. The zero-order valence-corrected chi connectivity index (χ0v) is 16.1. The first kappa shape index (κ1) is 18.6. The third kappa shape index (κ3) is 3.56. The Morgan fingerprint density at radius 3 is 2.44 bits per heavy atom. The molecule has 0 amide bonds. The van der Waals surface area contributed by atoms with Gasteiger partial charge >= 0.3 is 12.1 Å². The summed E-state index contributed by atoms with van der Waals surface area (Å²) in [5.41, 5.74) is 1.57. The summed E-state index contributed by atoms with van der Waals surface area (Å²) in [5.74, 6) is -0.470. The molecule has 6 heteroatoms. The van der Waals surface area contributed by atoms with Crippen LogP contribution in [0.3, 0.4) is 0 Å². The minimum absolute atomic E-state index is 0.370. The molecule has 0 unspecified atom stereocenters. The Morgan fingerprint density at radius 2 is 1.78 bits per heavy atom. The first-order valence-electron chi connectivity index (χ1n) is 8.64. The molecule has 0 saturated heterocycles. The van der Waals surface area contributed by atoms with Crippen LogP contribution in [0.25, 0.3) is 22.3 Å². The van der Waals surface area contributed by atoms with Gasteiger partial charge < -0.3 is 9.47 Å². The second-order valence-electron chi connectivity index (χ2n) is 7.28. The molecular formula is C21H23N2O4+. The lowest BCUT2D eigenvalue weighted by molar-refractivity contribution is -0.660. The monoisotopic (exact) mass is 367 g/mol. The molecule has 140 valence electrons. The quantitative estimate of drug-likeness (QED) is 0.512. The van der Waals surface area contributed by atoms with Crippen LogP contribution >= 0.6 is 0 Å². The molecule has 0 radical (unpaired) electrons. The molecule has 2 aromatic heterocycles. The number of benzene rings is 1. The number of esters is 1. The summed E-state index contributed by atoms with van der Waals surface area (Å²) in [5, 5.41) is 0.873. The number of carbonyl (C=O) groups excluding carboxylic acids is 2. The van der Waals surface area contributed by atoms with Crippen LogP contribution in [0.4, 0.5) is 4.79 Å². The van der Waals surface area contributed by atoms with Crippen LogP contribution in [0.5, 0.6) is 0 Å². The first-order valence-corrected chi connectivity index (χ1v) is 8.64. The van der Waals surface area contributed by atoms with E-state index < -0.39 is 17.7 Å². The third-order valence-electron chi connectivity index (χ3n) is 4.12. The second-order valence-corrected chi connectivity index (χ2v) is 7.28. The van der Waals surface area contributed by atoms with Gasteiger partial charge in [0, 0.05) is 11.5 Å². The standard InChI is InChI=1S/C21H23N2O4/c1-21(2,3)27-20(25)23-16-11-7-6-9-14(16)13-17(23)18-15(19(24)26-5)10-8-12-22(18)4/h6-13H,1-5H3/q+1. The van der Waals surface area contributed by atoms with Crippen LogP contribution in [0.1, 0.15) is 31.1 Å². The predicted molar refractivity (Wildman–Crippen MR) is 102 cm³/mol. The van der Waals surface area contributed by atoms with Crippen molar-refractivity contribution in [3.8, 4) is 11.4 Å². The minimum Gasteiger partial charge on any atom is -0.465 e. The molecule has 2 heterocycles. The number of carbonyl (C=O) groups is 2. The fraction of sp³-hybridized carbons (Fsp3) is 0.286. The van der Waals surface area contributed by atoms with E-state index >= 15 is 0 Å². The Hall–Kier alpha value is -3.15. The highest BCUT2D eigenvalue weighted by molar-refractivity contribution is 6.00. The van der Waals surface area contributed by atoms with E-state index in [2.05, 4.69) is 0 Å². The molecule has 6 nitrogen and oxygen atoms in total. The van der Waals surface area contributed by atoms with E-state index in [4.69, 9.17) is 9.47 Å². The van der Waals surface area contributed by atoms with Gasteiger partial charge in [-0.05, 0) is 39.0 Å². The number of aromatic nitrogens is 2. The molecule has 0 saturated carbocycles. The number of hydrogen-bond acceptors (Lipinski definition) is 4. The molecule has 3 aromatic rings. The maximum atomic E-state index is 13.0. The summed E-state index contributed by atoms with van der Waals surface area (Å²) < 4.78 is 13.8. The Balaban J connectivity index is 2.32. The van der Waals surface area contributed by atoms with Gasteiger partial charge in [-0.25, -0.2) is 14.2 Å². The van der Waals surface area contributed by atoms with Crippen molar-refractivity contribution in [2.24, 2.45) is 7.05 Å². The van der Waals surface area contributed by atoms with Crippen molar-refractivity contribution in [3.63, 3.8) is 0 Å². The number of ether oxygens (including phenoxy) is 2. The van der Waals surface area contributed by atoms with Crippen molar-refractivity contribution in [2.45, 2.75) is 26.4 Å². The lowest BCUT2D eigenvalue weighted by Crippen LogP contribution is -2.35. The van der Waals surface area contributed by atoms with Gasteiger partial charge in [0.05, 0.1) is 12.6 Å². The van der Waals surface area contributed by atoms with Crippen molar-refractivity contribution in [3.05, 3.63) is 54.2 Å². The van der Waals surface area contributed by atoms with Gasteiger partial charge in [-0.1, -0.05) is 18.2 Å². The summed E-state index contributed by atoms with van der Waals surface area (Å²) in [6, 6.07) is 12.8. The summed E-state index contributed by atoms with van der Waals surface area (Å²) in [6.07, 6.45) is 1.32. The molecule has 0 atom stereocenters. The summed E-state index contributed by atoms with van der Waals surface area (Å²) in [7, 11) is 3.15. The number of hydrogen-bond donors (Lipinski definition) is 0. The van der Waals surface area contributed by atoms with Gasteiger partial charge in [-0.2, -0.15) is 4.57 Å². The molecule has 0 fully saturated rings. The van der Waals surface area contributed by atoms with Gasteiger partial charge in [-0.15, -0.1) is 0 Å². The zero-order valence-electron chi connectivity index (χ0n) is 16.1. The molecule has 27 heavy (non-hydrogen) atoms. The highest BCUT2D eigenvalue weighted by Crippen LogP contribution is 2.29. The average Bonchev–Trinajstić information content (AvgIpc) is 2.98. The van der Waals surface area contributed by atoms with E-state index in [0.29, 0.717) is 22.5 Å². The van der Waals surface area contributed by atoms with Gasteiger partial charge in [-0.3, -0.25) is 0 Å². The normalized spacial score (nSPS) is 11.4. The molecular weight excluding hydrogens is 344 g/mol. The molecule has 0 N–H and O–H groups in total. The number of aryl methyl sites for hydroxylation is 1. The van der Waals surface area contributed by atoms with Crippen molar-refractivity contribution >= 4 is 23.0 Å². The minimum atomic E-state index is -0.649. The second kappa shape index (κ2) is 6.87. The summed E-state index contributed by atoms with van der Waals surface area (Å²) >= 11 is 0. The Kier molecular flexibility index (Phi) is 4.74. The largest absolute Gasteiger partial charge is 0.465 e. The number of pyridine rings is 1. The van der Waals surface area contributed by atoms with E-state index in [1.54, 1.807) is 16.7 Å². The molecule has 0 spiro atoms. The van der Waals surface area contributed by atoms with Crippen molar-refractivity contribution in [2.75, 3.05) is 7.11 Å². The van der Waals surface area contributed by atoms with E-state index in [1.807, 2.05) is 64.3 Å². The Labute approximate surface area is 157 Å². The highest BCUT2D eigenvalue weighted by atomic mass is 16.6. The molecule has 0 bridgehead atoms. The number of fused-ring (bicyclic) bond motifs is 1. The molecule has 0 aliphatic heterocycles. The van der Waals surface area contributed by atoms with Crippen molar-refractivity contribution in [1.29, 1.82) is 0 Å². The van der Waals surface area contributed by atoms with Crippen LogP contribution < -0.4 is 4.57 Å². The van der Waals surface area contributed by atoms with Crippen LogP contribution in [0.15, 0.2) is 48.7 Å². The topological polar surface area (TPSA) is 61.4 Å². The van der Waals surface area contributed by atoms with Crippen LogP contribution in [-0.4, -0.2) is 29.3 Å². The maximum absolute atomic E-state index is 13.0. The average molecular weight is 367 g/mol. The summed E-state index contributed by atoms with van der Waals surface area (Å²) in [6.45, 7) is 5.45. The number of para-hydroxylation sites is 1. The fourth-order valence-corrected chi connectivity index (χ4v) is 3.04. The van der Waals surface area contributed by atoms with E-state index in [-0.39, 0.29) is 0 Å². The maximum Gasteiger partial charge on any atom is 0.419 e. The number of nitrogens with zero attached hydrogens (tertiary/aromatic N) is 2. The predicted octanol–water partition coefficient (Wildman–Crippen LogP) is 3.70.